The first-order chi connectivity index (χ1) is 15.4. The van der Waals surface area contributed by atoms with Crippen LogP contribution in [0.1, 0.15) is 36.7 Å². The van der Waals surface area contributed by atoms with Crippen molar-refractivity contribution >= 4 is 35.0 Å². The zero-order valence-electron chi connectivity index (χ0n) is 18.5. The number of hydrogen-bond donors (Lipinski definition) is 1. The molecule has 0 aliphatic heterocycles. The van der Waals surface area contributed by atoms with Crippen molar-refractivity contribution in [1.82, 2.24) is 14.8 Å². The van der Waals surface area contributed by atoms with E-state index >= 15 is 0 Å². The molecule has 0 saturated heterocycles. The zero-order chi connectivity index (χ0) is 23.1. The number of halogens is 1. The van der Waals surface area contributed by atoms with Crippen molar-refractivity contribution in [2.45, 2.75) is 45.0 Å². The third-order valence-electron chi connectivity index (χ3n) is 4.73. The molecule has 0 aliphatic carbocycles. The molecular formula is C24H27ClN4O2S. The Morgan fingerprint density at radius 3 is 2.78 bits per heavy atom. The number of allylic oxidation sites excluding steroid dienone is 1. The lowest BCUT2D eigenvalue weighted by Gasteiger charge is -2.15. The monoisotopic (exact) mass is 470 g/mol. The Morgan fingerprint density at radius 1 is 1.28 bits per heavy atom. The first-order valence-corrected chi connectivity index (χ1v) is 11.7. The summed E-state index contributed by atoms with van der Waals surface area (Å²) >= 11 is 7.41. The number of carbonyl (C=O) groups is 1. The van der Waals surface area contributed by atoms with Gasteiger partial charge in [-0.2, -0.15) is 0 Å². The standard InChI is InChI=1S/C24H27ClN4O2S/c1-5-12-29-22(14-31-21-13-17(4)10-11-18(21)16(2)3)27-28-24(29)32-15-23(30)26-20-9-7-6-8-19(20)25/h5-11,13,16H,1,12,14-15H2,2-4H3,(H,26,30). The number of hydrogen-bond acceptors (Lipinski definition) is 5. The predicted octanol–water partition coefficient (Wildman–Crippen LogP) is 5.86. The highest BCUT2D eigenvalue weighted by Crippen LogP contribution is 2.28. The van der Waals surface area contributed by atoms with Crippen molar-refractivity contribution < 1.29 is 9.53 Å². The van der Waals surface area contributed by atoms with Gasteiger partial charge < -0.3 is 10.1 Å². The summed E-state index contributed by atoms with van der Waals surface area (Å²) in [5.41, 5.74) is 2.87. The first kappa shape index (κ1) is 23.9. The normalized spacial score (nSPS) is 10.9. The summed E-state index contributed by atoms with van der Waals surface area (Å²) in [6.45, 7) is 10.9. The molecule has 1 amide bonds. The lowest BCUT2D eigenvalue weighted by molar-refractivity contribution is -0.113. The van der Waals surface area contributed by atoms with Crippen LogP contribution in [0.4, 0.5) is 5.69 Å². The number of ether oxygens (including phenoxy) is 1. The molecule has 0 aliphatic rings. The third kappa shape index (κ3) is 6.14. The fourth-order valence-corrected chi connectivity index (χ4v) is 4.06. The number of rotatable bonds is 10. The van der Waals surface area contributed by atoms with Gasteiger partial charge in [-0.25, -0.2) is 0 Å². The Morgan fingerprint density at radius 2 is 2.06 bits per heavy atom. The van der Waals surface area contributed by atoms with E-state index in [2.05, 4.69) is 48.1 Å². The second-order valence-electron chi connectivity index (χ2n) is 7.60. The highest BCUT2D eigenvalue weighted by molar-refractivity contribution is 7.99. The number of aromatic nitrogens is 3. The van der Waals surface area contributed by atoms with Gasteiger partial charge in [0.2, 0.25) is 5.91 Å². The van der Waals surface area contributed by atoms with Gasteiger partial charge in [0.25, 0.3) is 0 Å². The van der Waals surface area contributed by atoms with Crippen LogP contribution in [-0.4, -0.2) is 26.4 Å². The molecule has 3 rings (SSSR count). The summed E-state index contributed by atoms with van der Waals surface area (Å²) in [7, 11) is 0. The molecule has 1 heterocycles. The van der Waals surface area contributed by atoms with Gasteiger partial charge in [0.05, 0.1) is 16.5 Å². The molecule has 1 aromatic heterocycles. The van der Waals surface area contributed by atoms with E-state index in [-0.39, 0.29) is 18.3 Å². The van der Waals surface area contributed by atoms with Crippen molar-refractivity contribution in [2.75, 3.05) is 11.1 Å². The summed E-state index contributed by atoms with van der Waals surface area (Å²) in [4.78, 5) is 12.4. The van der Waals surface area contributed by atoms with Gasteiger partial charge in [-0.05, 0) is 42.2 Å². The zero-order valence-corrected chi connectivity index (χ0v) is 20.0. The Labute approximate surface area is 198 Å². The predicted molar refractivity (Wildman–Crippen MR) is 131 cm³/mol. The number of carbonyl (C=O) groups excluding carboxylic acids is 1. The highest BCUT2D eigenvalue weighted by atomic mass is 35.5. The quantitative estimate of drug-likeness (QED) is 0.297. The van der Waals surface area contributed by atoms with Crippen molar-refractivity contribution in [2.24, 2.45) is 0 Å². The van der Waals surface area contributed by atoms with Crippen LogP contribution in [0.3, 0.4) is 0 Å². The van der Waals surface area contributed by atoms with E-state index in [1.807, 2.05) is 29.7 Å². The average Bonchev–Trinajstić information content (AvgIpc) is 3.14. The number of benzene rings is 2. The minimum Gasteiger partial charge on any atom is -0.485 e. The molecule has 0 unspecified atom stereocenters. The minimum absolute atomic E-state index is 0.171. The smallest absolute Gasteiger partial charge is 0.234 e. The lowest BCUT2D eigenvalue weighted by atomic mass is 10.0. The van der Waals surface area contributed by atoms with E-state index in [1.54, 1.807) is 18.2 Å². The molecular weight excluding hydrogens is 444 g/mol. The molecule has 0 radical (unpaired) electrons. The molecule has 0 bridgehead atoms. The summed E-state index contributed by atoms with van der Waals surface area (Å²) in [6, 6.07) is 13.4. The van der Waals surface area contributed by atoms with Gasteiger partial charge >= 0.3 is 0 Å². The van der Waals surface area contributed by atoms with Crippen molar-refractivity contribution in [3.8, 4) is 5.75 Å². The van der Waals surface area contributed by atoms with Crippen LogP contribution in [0.25, 0.3) is 0 Å². The SMILES string of the molecule is C=CCn1c(COc2cc(C)ccc2C(C)C)nnc1SCC(=O)Nc1ccccc1Cl. The summed E-state index contributed by atoms with van der Waals surface area (Å²) in [5.74, 6) is 1.88. The van der Waals surface area contributed by atoms with E-state index in [9.17, 15) is 4.79 Å². The molecule has 0 atom stereocenters. The van der Waals surface area contributed by atoms with Gasteiger partial charge in [0.1, 0.15) is 12.4 Å². The molecule has 1 N–H and O–H groups in total. The molecule has 32 heavy (non-hydrogen) atoms. The maximum atomic E-state index is 12.4. The highest BCUT2D eigenvalue weighted by Gasteiger charge is 2.16. The van der Waals surface area contributed by atoms with Crippen molar-refractivity contribution in [1.29, 1.82) is 0 Å². The van der Waals surface area contributed by atoms with Crippen LogP contribution in [0.2, 0.25) is 5.02 Å². The van der Waals surface area contributed by atoms with Crippen LogP contribution >= 0.6 is 23.4 Å². The fraction of sp³-hybridized carbons (Fsp3) is 0.292. The van der Waals surface area contributed by atoms with Gasteiger partial charge in [0, 0.05) is 6.54 Å². The maximum Gasteiger partial charge on any atom is 0.234 e. The number of thioether (sulfide) groups is 1. The Kier molecular flexibility index (Phi) is 8.36. The molecule has 2 aromatic carbocycles. The van der Waals surface area contributed by atoms with E-state index in [1.165, 1.54) is 11.8 Å². The molecule has 0 saturated carbocycles. The van der Waals surface area contributed by atoms with Crippen LogP contribution in [0, 0.1) is 6.92 Å². The largest absolute Gasteiger partial charge is 0.485 e. The number of nitrogens with zero attached hydrogens (tertiary/aromatic N) is 3. The molecule has 3 aromatic rings. The van der Waals surface area contributed by atoms with E-state index < -0.39 is 0 Å². The number of nitrogens with one attached hydrogen (secondary N) is 1. The Hall–Kier alpha value is -2.77. The van der Waals surface area contributed by atoms with Gasteiger partial charge in [-0.1, -0.05) is 67.6 Å². The molecule has 168 valence electrons. The van der Waals surface area contributed by atoms with Crippen LogP contribution in [-0.2, 0) is 17.9 Å². The van der Waals surface area contributed by atoms with E-state index in [4.69, 9.17) is 16.3 Å². The van der Waals surface area contributed by atoms with Crippen molar-refractivity contribution in [3.63, 3.8) is 0 Å². The Balaban J connectivity index is 1.68. The third-order valence-corrected chi connectivity index (χ3v) is 6.03. The molecule has 0 fully saturated rings. The number of para-hydroxylation sites is 1. The molecule has 6 nitrogen and oxygen atoms in total. The van der Waals surface area contributed by atoms with Gasteiger partial charge in [0.15, 0.2) is 11.0 Å². The number of anilines is 1. The van der Waals surface area contributed by atoms with Crippen LogP contribution < -0.4 is 10.1 Å². The maximum absolute atomic E-state index is 12.4. The molecule has 0 spiro atoms. The number of aryl methyl sites for hydroxylation is 1. The minimum atomic E-state index is -0.171. The van der Waals surface area contributed by atoms with Gasteiger partial charge in [-0.3, -0.25) is 9.36 Å². The van der Waals surface area contributed by atoms with Crippen molar-refractivity contribution in [3.05, 3.63) is 77.1 Å². The second-order valence-corrected chi connectivity index (χ2v) is 8.95. The first-order valence-electron chi connectivity index (χ1n) is 10.3. The fourth-order valence-electron chi connectivity index (χ4n) is 3.11. The molecule has 8 heteroatoms. The summed E-state index contributed by atoms with van der Waals surface area (Å²) in [5, 5.41) is 12.5. The average molecular weight is 471 g/mol. The number of amides is 1. The second kappa shape index (κ2) is 11.2. The lowest BCUT2D eigenvalue weighted by Crippen LogP contribution is -2.15. The van der Waals surface area contributed by atoms with Crippen LogP contribution in [0.15, 0.2) is 60.3 Å². The van der Waals surface area contributed by atoms with E-state index in [0.29, 0.717) is 34.2 Å². The topological polar surface area (TPSA) is 69.0 Å². The Bertz CT molecular complexity index is 1100. The summed E-state index contributed by atoms with van der Waals surface area (Å²) < 4.78 is 8.03. The van der Waals surface area contributed by atoms with Crippen LogP contribution in [0.5, 0.6) is 5.75 Å². The summed E-state index contributed by atoms with van der Waals surface area (Å²) in [6.07, 6.45) is 1.77. The van der Waals surface area contributed by atoms with E-state index in [0.717, 1.165) is 16.9 Å². The van der Waals surface area contributed by atoms with Gasteiger partial charge in [-0.15, -0.1) is 16.8 Å².